The lowest BCUT2D eigenvalue weighted by Crippen LogP contribution is -2.30. The molecule has 0 aliphatic carbocycles. The van der Waals surface area contributed by atoms with Crippen molar-refractivity contribution in [3.05, 3.63) is 58.6 Å². The van der Waals surface area contributed by atoms with E-state index < -0.39 is 10.0 Å². The summed E-state index contributed by atoms with van der Waals surface area (Å²) in [6, 6.07) is 13.2. The monoisotopic (exact) mass is 376 g/mol. The summed E-state index contributed by atoms with van der Waals surface area (Å²) in [5.41, 5.74) is 3.93. The molecular weight excluding hydrogens is 356 g/mol. The maximum atomic E-state index is 12.9. The normalized spacial score (nSPS) is 17.2. The molecule has 2 heterocycles. The summed E-state index contributed by atoms with van der Waals surface area (Å²) >= 11 is 5.88. The second kappa shape index (κ2) is 6.54. The lowest BCUT2D eigenvalue weighted by Gasteiger charge is -2.22. The second-order valence-electron chi connectivity index (χ2n) is 6.71. The molecular formula is C19H21ClN2O2S. The second-order valence-corrected chi connectivity index (χ2v) is 9.04. The number of benzene rings is 2. The Bertz CT molecular complexity index is 875. The lowest BCUT2D eigenvalue weighted by molar-refractivity contribution is 0.591. The fraction of sp³-hybridized carbons (Fsp3) is 0.368. The highest BCUT2D eigenvalue weighted by Gasteiger charge is 2.30. The summed E-state index contributed by atoms with van der Waals surface area (Å²) in [5, 5.41) is 0.613. The summed E-state index contributed by atoms with van der Waals surface area (Å²) in [7, 11) is -3.39. The van der Waals surface area contributed by atoms with Gasteiger partial charge in [-0.15, -0.1) is 0 Å². The molecule has 6 heteroatoms. The molecule has 0 atom stereocenters. The third kappa shape index (κ3) is 3.35. The van der Waals surface area contributed by atoms with Crippen LogP contribution >= 0.6 is 11.6 Å². The summed E-state index contributed by atoms with van der Waals surface area (Å²) in [5.74, 6) is -0.00249. The van der Waals surface area contributed by atoms with Crippen LogP contribution in [0.15, 0.2) is 42.5 Å². The van der Waals surface area contributed by atoms with E-state index in [1.807, 2.05) is 6.07 Å². The molecule has 2 aliphatic rings. The third-order valence-corrected chi connectivity index (χ3v) is 6.99. The number of anilines is 2. The average Bonchev–Trinajstić information content (AvgIpc) is 3.25. The molecule has 0 amide bonds. The van der Waals surface area contributed by atoms with E-state index in [4.69, 9.17) is 11.6 Å². The molecule has 2 aliphatic heterocycles. The minimum atomic E-state index is -3.39. The van der Waals surface area contributed by atoms with Crippen molar-refractivity contribution in [1.29, 1.82) is 0 Å². The molecule has 4 nitrogen and oxygen atoms in total. The number of sulfonamides is 1. The molecule has 25 heavy (non-hydrogen) atoms. The zero-order chi connectivity index (χ0) is 17.4. The Hall–Kier alpha value is -1.72. The Morgan fingerprint density at radius 1 is 0.960 bits per heavy atom. The van der Waals surface area contributed by atoms with Gasteiger partial charge in [0.25, 0.3) is 0 Å². The van der Waals surface area contributed by atoms with Crippen LogP contribution in [0.4, 0.5) is 11.4 Å². The minimum absolute atomic E-state index is 0.00249. The van der Waals surface area contributed by atoms with Crippen LogP contribution in [-0.2, 0) is 22.2 Å². The van der Waals surface area contributed by atoms with E-state index >= 15 is 0 Å². The average molecular weight is 377 g/mol. The highest BCUT2D eigenvalue weighted by molar-refractivity contribution is 7.92. The van der Waals surface area contributed by atoms with Crippen LogP contribution in [0.1, 0.15) is 24.0 Å². The molecule has 0 radical (unpaired) electrons. The van der Waals surface area contributed by atoms with Crippen molar-refractivity contribution in [3.63, 3.8) is 0 Å². The highest BCUT2D eigenvalue weighted by Crippen LogP contribution is 2.35. The molecule has 1 fully saturated rings. The molecule has 0 spiro atoms. The van der Waals surface area contributed by atoms with Crippen molar-refractivity contribution >= 4 is 33.0 Å². The zero-order valence-corrected chi connectivity index (χ0v) is 15.6. The van der Waals surface area contributed by atoms with Gasteiger partial charge in [-0.2, -0.15) is 0 Å². The van der Waals surface area contributed by atoms with Gasteiger partial charge in [0.2, 0.25) is 10.0 Å². The van der Waals surface area contributed by atoms with Crippen LogP contribution in [0.25, 0.3) is 0 Å². The number of nitrogens with zero attached hydrogens (tertiary/aromatic N) is 2. The van der Waals surface area contributed by atoms with Crippen LogP contribution in [0, 0.1) is 0 Å². The first kappa shape index (κ1) is 16.7. The Morgan fingerprint density at radius 2 is 1.68 bits per heavy atom. The third-order valence-electron chi connectivity index (χ3n) is 4.99. The molecule has 0 N–H and O–H groups in total. The van der Waals surface area contributed by atoms with Gasteiger partial charge in [0.1, 0.15) is 0 Å². The van der Waals surface area contributed by atoms with Gasteiger partial charge in [-0.25, -0.2) is 8.42 Å². The van der Waals surface area contributed by atoms with Gasteiger partial charge < -0.3 is 4.90 Å². The molecule has 0 unspecified atom stereocenters. The number of hydrogen-bond acceptors (Lipinski definition) is 3. The molecule has 4 rings (SSSR count). The van der Waals surface area contributed by atoms with Gasteiger partial charge in [0.15, 0.2) is 0 Å². The van der Waals surface area contributed by atoms with E-state index in [0.29, 0.717) is 11.6 Å². The summed E-state index contributed by atoms with van der Waals surface area (Å²) in [4.78, 5) is 2.38. The maximum Gasteiger partial charge on any atom is 0.239 e. The summed E-state index contributed by atoms with van der Waals surface area (Å²) < 4.78 is 27.3. The van der Waals surface area contributed by atoms with Gasteiger partial charge >= 0.3 is 0 Å². The van der Waals surface area contributed by atoms with E-state index in [2.05, 4.69) is 17.0 Å². The smallest absolute Gasteiger partial charge is 0.239 e. The Balaban J connectivity index is 1.57. The summed E-state index contributed by atoms with van der Waals surface area (Å²) in [6.45, 7) is 2.71. The van der Waals surface area contributed by atoms with Crippen molar-refractivity contribution in [2.24, 2.45) is 0 Å². The minimum Gasteiger partial charge on any atom is -0.372 e. The molecule has 0 saturated carbocycles. The summed E-state index contributed by atoms with van der Waals surface area (Å²) in [6.07, 6.45) is 3.24. The molecule has 1 saturated heterocycles. The maximum absolute atomic E-state index is 12.9. The highest BCUT2D eigenvalue weighted by atomic mass is 35.5. The standard InChI is InChI=1S/C19H21ClN2O2S/c20-17-5-3-15(4-6-17)14-25(23,24)22-12-9-16-13-18(7-8-19(16)22)21-10-1-2-11-21/h3-8,13H,1-2,9-12,14H2. The van der Waals surface area contributed by atoms with Crippen molar-refractivity contribution in [1.82, 2.24) is 0 Å². The largest absolute Gasteiger partial charge is 0.372 e. The SMILES string of the molecule is O=S(=O)(Cc1ccc(Cl)cc1)N1CCc2cc(N3CCCC3)ccc21. The topological polar surface area (TPSA) is 40.6 Å². The van der Waals surface area contributed by atoms with Crippen LogP contribution in [0.5, 0.6) is 0 Å². The van der Waals surface area contributed by atoms with Crippen molar-refractivity contribution in [2.75, 3.05) is 28.8 Å². The molecule has 132 valence electrons. The predicted octanol–water partition coefficient (Wildman–Crippen LogP) is 3.83. The number of rotatable bonds is 4. The quantitative estimate of drug-likeness (QED) is 0.814. The molecule has 0 aromatic heterocycles. The van der Waals surface area contributed by atoms with Gasteiger partial charge in [0, 0.05) is 30.3 Å². The van der Waals surface area contributed by atoms with Gasteiger partial charge in [0.05, 0.1) is 11.4 Å². The van der Waals surface area contributed by atoms with Crippen LogP contribution < -0.4 is 9.21 Å². The lowest BCUT2D eigenvalue weighted by atomic mass is 10.1. The Labute approximate surface area is 154 Å². The van der Waals surface area contributed by atoms with Crippen molar-refractivity contribution in [2.45, 2.75) is 25.0 Å². The van der Waals surface area contributed by atoms with Crippen LogP contribution in [-0.4, -0.2) is 28.1 Å². The Morgan fingerprint density at radius 3 is 2.40 bits per heavy atom. The van der Waals surface area contributed by atoms with Crippen LogP contribution in [0.3, 0.4) is 0 Å². The first-order chi connectivity index (χ1) is 12.0. The number of fused-ring (bicyclic) bond motifs is 1. The van der Waals surface area contributed by atoms with Crippen molar-refractivity contribution in [3.8, 4) is 0 Å². The number of hydrogen-bond donors (Lipinski definition) is 0. The van der Waals surface area contributed by atoms with Crippen molar-refractivity contribution < 1.29 is 8.42 Å². The van der Waals surface area contributed by atoms with Gasteiger partial charge in [-0.05, 0) is 60.7 Å². The molecule has 0 bridgehead atoms. The number of halogens is 1. The fourth-order valence-corrected chi connectivity index (χ4v) is 5.43. The van der Waals surface area contributed by atoms with E-state index in [-0.39, 0.29) is 5.75 Å². The predicted molar refractivity (Wildman–Crippen MR) is 103 cm³/mol. The molecule has 2 aromatic rings. The zero-order valence-electron chi connectivity index (χ0n) is 14.0. The van der Waals surface area contributed by atoms with Gasteiger partial charge in [-0.3, -0.25) is 4.31 Å². The van der Waals surface area contributed by atoms with E-state index in [9.17, 15) is 8.42 Å². The fourth-order valence-electron chi connectivity index (χ4n) is 3.69. The van der Waals surface area contributed by atoms with E-state index in [0.717, 1.165) is 36.3 Å². The first-order valence-corrected chi connectivity index (χ1v) is 10.6. The van der Waals surface area contributed by atoms with Gasteiger partial charge in [-0.1, -0.05) is 23.7 Å². The van der Waals surface area contributed by atoms with E-state index in [1.54, 1.807) is 28.6 Å². The van der Waals surface area contributed by atoms with E-state index in [1.165, 1.54) is 18.5 Å². The van der Waals surface area contributed by atoms with Crippen LogP contribution in [0.2, 0.25) is 5.02 Å². The Kier molecular flexibility index (Phi) is 4.38. The molecule has 2 aromatic carbocycles. The first-order valence-electron chi connectivity index (χ1n) is 8.66.